The highest BCUT2D eigenvalue weighted by atomic mass is 16.5. The van der Waals surface area contributed by atoms with Crippen LogP contribution in [0.25, 0.3) is 0 Å². The van der Waals surface area contributed by atoms with Gasteiger partial charge in [-0.3, -0.25) is 4.79 Å². The van der Waals surface area contributed by atoms with E-state index in [0.717, 1.165) is 29.9 Å². The molecule has 21 heavy (non-hydrogen) atoms. The van der Waals surface area contributed by atoms with Gasteiger partial charge in [-0.25, -0.2) is 0 Å². The van der Waals surface area contributed by atoms with Gasteiger partial charge in [-0.15, -0.1) is 0 Å². The van der Waals surface area contributed by atoms with Crippen molar-refractivity contribution in [2.75, 3.05) is 11.4 Å². The lowest BCUT2D eigenvalue weighted by Crippen LogP contribution is -2.28. The topological polar surface area (TPSA) is 85.3 Å². The molecule has 6 nitrogen and oxygen atoms in total. The van der Waals surface area contributed by atoms with Gasteiger partial charge in [0.25, 0.3) is 0 Å². The van der Waals surface area contributed by atoms with Gasteiger partial charge in [0.15, 0.2) is 5.82 Å². The zero-order chi connectivity index (χ0) is 14.8. The fourth-order valence-corrected chi connectivity index (χ4v) is 2.72. The van der Waals surface area contributed by atoms with E-state index in [1.807, 2.05) is 24.3 Å². The molecule has 2 heterocycles. The van der Waals surface area contributed by atoms with Crippen LogP contribution in [0.5, 0.6) is 0 Å². The summed E-state index contributed by atoms with van der Waals surface area (Å²) < 4.78 is 5.27. The lowest BCUT2D eigenvalue weighted by molar-refractivity contribution is -0.119. The zero-order valence-corrected chi connectivity index (χ0v) is 12.0. The second-order valence-electron chi connectivity index (χ2n) is 5.25. The molecule has 6 heteroatoms. The summed E-state index contributed by atoms with van der Waals surface area (Å²) in [6.45, 7) is 3.13. The van der Waals surface area contributed by atoms with Gasteiger partial charge >= 0.3 is 0 Å². The van der Waals surface area contributed by atoms with E-state index >= 15 is 0 Å². The lowest BCUT2D eigenvalue weighted by atomic mass is 10.0. The Morgan fingerprint density at radius 1 is 1.48 bits per heavy atom. The summed E-state index contributed by atoms with van der Waals surface area (Å²) in [5, 5.41) is 3.95. The van der Waals surface area contributed by atoms with Crippen molar-refractivity contribution in [3.05, 3.63) is 41.5 Å². The summed E-state index contributed by atoms with van der Waals surface area (Å²) in [6.07, 6.45) is 1.79. The largest absolute Gasteiger partial charge is 0.369 e. The molecule has 0 saturated heterocycles. The number of primary amides is 1. The van der Waals surface area contributed by atoms with Crippen molar-refractivity contribution in [2.45, 2.75) is 32.2 Å². The third-order valence-corrected chi connectivity index (χ3v) is 3.71. The highest BCUT2D eigenvalue weighted by Gasteiger charge is 2.32. The molecule has 0 fully saturated rings. The van der Waals surface area contributed by atoms with Crippen LogP contribution in [0.15, 0.2) is 28.8 Å². The highest BCUT2D eigenvalue weighted by molar-refractivity contribution is 5.87. The summed E-state index contributed by atoms with van der Waals surface area (Å²) >= 11 is 0. The van der Waals surface area contributed by atoms with E-state index in [1.54, 1.807) is 0 Å². The van der Waals surface area contributed by atoms with Crippen molar-refractivity contribution >= 4 is 11.6 Å². The Labute approximate surface area is 122 Å². The van der Waals surface area contributed by atoms with E-state index in [1.165, 1.54) is 0 Å². The predicted octanol–water partition coefficient (Wildman–Crippen LogP) is 1.61. The quantitative estimate of drug-likeness (QED) is 0.902. The second kappa shape index (κ2) is 5.55. The molecule has 1 aromatic heterocycles. The van der Waals surface area contributed by atoms with Gasteiger partial charge < -0.3 is 15.2 Å². The maximum absolute atomic E-state index is 11.6. The monoisotopic (exact) mass is 286 g/mol. The number of rotatable bonds is 5. The minimum absolute atomic E-state index is 0.278. The molecule has 1 atom stereocenters. The standard InChI is InChI=1S/C15H18N4O2/c1-2-5-13-17-14(21-18-13)9-19-8-11(15(16)20)10-6-3-4-7-12(10)19/h3-4,6-7,11H,2,5,8-9H2,1H3,(H2,16,20)/t11-/m1/s1. The molecular weight excluding hydrogens is 268 g/mol. The maximum atomic E-state index is 11.6. The number of hydrogen-bond acceptors (Lipinski definition) is 5. The Kier molecular flexibility index (Phi) is 3.60. The minimum atomic E-state index is -0.304. The predicted molar refractivity (Wildman–Crippen MR) is 77.7 cm³/mol. The Morgan fingerprint density at radius 3 is 3.05 bits per heavy atom. The van der Waals surface area contributed by atoms with Gasteiger partial charge in [0.2, 0.25) is 11.8 Å². The van der Waals surface area contributed by atoms with Crippen molar-refractivity contribution in [1.29, 1.82) is 0 Å². The minimum Gasteiger partial charge on any atom is -0.369 e. The van der Waals surface area contributed by atoms with Crippen LogP contribution in [0, 0.1) is 0 Å². The number of nitrogens with two attached hydrogens (primary N) is 1. The first-order valence-corrected chi connectivity index (χ1v) is 7.13. The summed E-state index contributed by atoms with van der Waals surface area (Å²) in [5.74, 6) is 0.714. The van der Waals surface area contributed by atoms with Gasteiger partial charge in [0, 0.05) is 18.7 Å². The Morgan fingerprint density at radius 2 is 2.29 bits per heavy atom. The number of carbonyl (C=O) groups excluding carboxylic acids is 1. The van der Waals surface area contributed by atoms with Gasteiger partial charge in [-0.2, -0.15) is 4.98 Å². The number of para-hydroxylation sites is 1. The first kappa shape index (κ1) is 13.6. The summed E-state index contributed by atoms with van der Waals surface area (Å²) in [6, 6.07) is 7.80. The van der Waals surface area contributed by atoms with Gasteiger partial charge in [0.05, 0.1) is 12.5 Å². The molecule has 0 saturated carbocycles. The number of aryl methyl sites for hydroxylation is 1. The normalized spacial score (nSPS) is 17.0. The van der Waals surface area contributed by atoms with E-state index in [-0.39, 0.29) is 11.8 Å². The number of hydrogen-bond donors (Lipinski definition) is 1. The number of amides is 1. The first-order valence-electron chi connectivity index (χ1n) is 7.13. The molecule has 1 amide bonds. The number of carbonyl (C=O) groups is 1. The van der Waals surface area contributed by atoms with Gasteiger partial charge in [-0.05, 0) is 18.1 Å². The van der Waals surface area contributed by atoms with E-state index in [9.17, 15) is 4.79 Å². The van der Waals surface area contributed by atoms with Crippen molar-refractivity contribution < 1.29 is 9.32 Å². The number of fused-ring (bicyclic) bond motifs is 1. The van der Waals surface area contributed by atoms with Crippen LogP contribution in [-0.4, -0.2) is 22.6 Å². The molecule has 2 aromatic rings. The summed E-state index contributed by atoms with van der Waals surface area (Å²) in [4.78, 5) is 18.0. The molecule has 0 spiro atoms. The molecule has 0 aliphatic carbocycles. The SMILES string of the molecule is CCCc1noc(CN2C[C@@H](C(N)=O)c3ccccc32)n1. The highest BCUT2D eigenvalue weighted by Crippen LogP contribution is 2.36. The molecule has 1 aromatic carbocycles. The van der Waals surface area contributed by atoms with E-state index < -0.39 is 0 Å². The molecule has 0 radical (unpaired) electrons. The fourth-order valence-electron chi connectivity index (χ4n) is 2.72. The number of aromatic nitrogens is 2. The first-order chi connectivity index (χ1) is 10.2. The molecular formula is C15H18N4O2. The molecule has 1 aliphatic heterocycles. The molecule has 0 bridgehead atoms. The van der Waals surface area contributed by atoms with Crippen LogP contribution in [0.4, 0.5) is 5.69 Å². The van der Waals surface area contributed by atoms with Gasteiger partial charge in [0.1, 0.15) is 0 Å². The number of nitrogens with zero attached hydrogens (tertiary/aromatic N) is 3. The smallest absolute Gasteiger partial charge is 0.246 e. The maximum Gasteiger partial charge on any atom is 0.246 e. The Hall–Kier alpha value is -2.37. The third kappa shape index (κ3) is 2.61. The molecule has 2 N–H and O–H groups in total. The zero-order valence-electron chi connectivity index (χ0n) is 12.0. The Bertz CT molecular complexity index is 653. The molecule has 0 unspecified atom stereocenters. The van der Waals surface area contributed by atoms with Crippen LogP contribution < -0.4 is 10.6 Å². The molecule has 3 rings (SSSR count). The molecule has 110 valence electrons. The van der Waals surface area contributed by atoms with Crippen LogP contribution in [0.3, 0.4) is 0 Å². The van der Waals surface area contributed by atoms with Crippen LogP contribution in [-0.2, 0) is 17.8 Å². The van der Waals surface area contributed by atoms with Crippen molar-refractivity contribution in [3.63, 3.8) is 0 Å². The van der Waals surface area contributed by atoms with Gasteiger partial charge in [-0.1, -0.05) is 30.3 Å². The van der Waals surface area contributed by atoms with Crippen LogP contribution in [0.1, 0.15) is 36.5 Å². The van der Waals surface area contributed by atoms with Crippen LogP contribution >= 0.6 is 0 Å². The van der Waals surface area contributed by atoms with Crippen molar-refractivity contribution in [2.24, 2.45) is 5.73 Å². The fraction of sp³-hybridized carbons (Fsp3) is 0.400. The van der Waals surface area contributed by atoms with Crippen LogP contribution in [0.2, 0.25) is 0 Å². The Balaban J connectivity index is 1.81. The third-order valence-electron chi connectivity index (χ3n) is 3.71. The van der Waals surface area contributed by atoms with Crippen molar-refractivity contribution in [1.82, 2.24) is 10.1 Å². The van der Waals surface area contributed by atoms with E-state index in [4.69, 9.17) is 10.3 Å². The number of anilines is 1. The summed E-state index contributed by atoms with van der Waals surface area (Å²) in [7, 11) is 0. The van der Waals surface area contributed by atoms with Crippen molar-refractivity contribution in [3.8, 4) is 0 Å². The second-order valence-corrected chi connectivity index (χ2v) is 5.25. The van der Waals surface area contributed by atoms with E-state index in [0.29, 0.717) is 19.0 Å². The summed E-state index contributed by atoms with van der Waals surface area (Å²) in [5.41, 5.74) is 7.48. The average Bonchev–Trinajstić information content (AvgIpc) is 3.05. The number of benzene rings is 1. The lowest BCUT2D eigenvalue weighted by Gasteiger charge is -2.16. The van der Waals surface area contributed by atoms with E-state index in [2.05, 4.69) is 22.0 Å². The molecule has 1 aliphatic rings. The average molecular weight is 286 g/mol.